The SMILES string of the molecule is CC(C)(C)OC(=O)NCCCCN1C=C(Br)C2=CC(C=O)=CCC21. The van der Waals surface area contributed by atoms with Crippen LogP contribution in [-0.4, -0.2) is 42.0 Å². The van der Waals surface area contributed by atoms with Crippen LogP contribution in [0.2, 0.25) is 0 Å². The first-order valence-corrected chi connectivity index (χ1v) is 9.06. The molecule has 1 N–H and O–H groups in total. The van der Waals surface area contributed by atoms with Crippen LogP contribution in [0.1, 0.15) is 40.0 Å². The summed E-state index contributed by atoms with van der Waals surface area (Å²) < 4.78 is 6.25. The van der Waals surface area contributed by atoms with Gasteiger partial charge in [0.1, 0.15) is 11.9 Å². The van der Waals surface area contributed by atoms with Crippen molar-refractivity contribution in [2.75, 3.05) is 13.1 Å². The molecule has 2 aliphatic rings. The zero-order valence-corrected chi connectivity index (χ0v) is 16.1. The van der Waals surface area contributed by atoms with Crippen LogP contribution in [0.25, 0.3) is 0 Å². The van der Waals surface area contributed by atoms with Gasteiger partial charge in [0.2, 0.25) is 0 Å². The number of amides is 1. The van der Waals surface area contributed by atoms with Gasteiger partial charge in [-0.15, -0.1) is 0 Å². The summed E-state index contributed by atoms with van der Waals surface area (Å²) in [5, 5.41) is 2.78. The number of carbonyl (C=O) groups is 2. The van der Waals surface area contributed by atoms with E-state index in [0.717, 1.165) is 42.1 Å². The van der Waals surface area contributed by atoms with Gasteiger partial charge in [-0.05, 0) is 67.6 Å². The molecule has 1 heterocycles. The van der Waals surface area contributed by atoms with Gasteiger partial charge in [0.25, 0.3) is 0 Å². The number of allylic oxidation sites excluding steroid dienone is 2. The largest absolute Gasteiger partial charge is 0.444 e. The lowest BCUT2D eigenvalue weighted by Crippen LogP contribution is -2.33. The third-order valence-corrected chi connectivity index (χ3v) is 4.52. The first-order valence-electron chi connectivity index (χ1n) is 8.27. The number of fused-ring (bicyclic) bond motifs is 1. The average Bonchev–Trinajstić information content (AvgIpc) is 2.81. The normalized spacial score (nSPS) is 19.9. The van der Waals surface area contributed by atoms with Gasteiger partial charge in [-0.2, -0.15) is 0 Å². The molecule has 1 unspecified atom stereocenters. The van der Waals surface area contributed by atoms with Gasteiger partial charge < -0.3 is 15.0 Å². The molecule has 0 saturated heterocycles. The zero-order valence-electron chi connectivity index (χ0n) is 14.5. The second-order valence-electron chi connectivity index (χ2n) is 7.02. The van der Waals surface area contributed by atoms with Gasteiger partial charge in [-0.1, -0.05) is 6.08 Å². The van der Waals surface area contributed by atoms with E-state index in [9.17, 15) is 9.59 Å². The van der Waals surface area contributed by atoms with Gasteiger partial charge >= 0.3 is 6.09 Å². The van der Waals surface area contributed by atoms with Crippen LogP contribution in [0.3, 0.4) is 0 Å². The molecule has 0 aromatic heterocycles. The number of hydrogen-bond donors (Lipinski definition) is 1. The summed E-state index contributed by atoms with van der Waals surface area (Å²) >= 11 is 3.58. The van der Waals surface area contributed by atoms with Gasteiger partial charge in [0, 0.05) is 29.3 Å². The highest BCUT2D eigenvalue weighted by Gasteiger charge is 2.29. The molecule has 1 aliphatic carbocycles. The van der Waals surface area contributed by atoms with Crippen molar-refractivity contribution in [1.29, 1.82) is 0 Å². The van der Waals surface area contributed by atoms with Gasteiger partial charge in [-0.25, -0.2) is 4.79 Å². The molecule has 6 heteroatoms. The molecule has 5 nitrogen and oxygen atoms in total. The van der Waals surface area contributed by atoms with E-state index in [0.29, 0.717) is 12.6 Å². The maximum absolute atomic E-state index is 11.6. The number of hydrogen-bond acceptors (Lipinski definition) is 4. The summed E-state index contributed by atoms with van der Waals surface area (Å²) in [6.45, 7) is 7.07. The smallest absolute Gasteiger partial charge is 0.407 e. The van der Waals surface area contributed by atoms with Crippen molar-refractivity contribution in [3.8, 4) is 0 Å². The van der Waals surface area contributed by atoms with Crippen molar-refractivity contribution in [3.05, 3.63) is 34.0 Å². The van der Waals surface area contributed by atoms with Crippen molar-refractivity contribution in [2.24, 2.45) is 0 Å². The summed E-state index contributed by atoms with van der Waals surface area (Å²) in [5.41, 5.74) is 1.45. The number of nitrogens with one attached hydrogen (secondary N) is 1. The van der Waals surface area contributed by atoms with E-state index >= 15 is 0 Å². The maximum Gasteiger partial charge on any atom is 0.407 e. The highest BCUT2D eigenvalue weighted by Crippen LogP contribution is 2.37. The van der Waals surface area contributed by atoms with Crippen LogP contribution < -0.4 is 5.32 Å². The number of aldehydes is 1. The number of nitrogens with zero attached hydrogens (tertiary/aromatic N) is 1. The lowest BCUT2D eigenvalue weighted by atomic mass is 9.96. The minimum Gasteiger partial charge on any atom is -0.444 e. The predicted molar refractivity (Wildman–Crippen MR) is 97.8 cm³/mol. The number of carbonyl (C=O) groups excluding carboxylic acids is 2. The average molecular weight is 397 g/mol. The highest BCUT2D eigenvalue weighted by atomic mass is 79.9. The Hall–Kier alpha value is -1.56. The van der Waals surface area contributed by atoms with Crippen LogP contribution in [0, 0.1) is 0 Å². The Labute approximate surface area is 151 Å². The minimum atomic E-state index is -0.464. The molecule has 132 valence electrons. The molecule has 1 atom stereocenters. The van der Waals surface area contributed by atoms with Crippen LogP contribution in [0.4, 0.5) is 4.79 Å². The van der Waals surface area contributed by atoms with Gasteiger partial charge in [0.05, 0.1) is 6.04 Å². The Morgan fingerprint density at radius 3 is 2.88 bits per heavy atom. The summed E-state index contributed by atoms with van der Waals surface area (Å²) in [7, 11) is 0. The quantitative estimate of drug-likeness (QED) is 0.549. The highest BCUT2D eigenvalue weighted by molar-refractivity contribution is 9.12. The molecule has 0 saturated carbocycles. The first kappa shape index (κ1) is 18.8. The van der Waals surface area contributed by atoms with E-state index in [4.69, 9.17) is 4.74 Å². The summed E-state index contributed by atoms with van der Waals surface area (Å²) in [6, 6.07) is 0.307. The van der Waals surface area contributed by atoms with Crippen molar-refractivity contribution >= 4 is 28.3 Å². The summed E-state index contributed by atoms with van der Waals surface area (Å²) in [4.78, 5) is 24.8. The fraction of sp³-hybridized carbons (Fsp3) is 0.556. The molecule has 0 aromatic rings. The summed E-state index contributed by atoms with van der Waals surface area (Å²) in [6.07, 6.45) is 9.28. The Morgan fingerprint density at radius 2 is 2.21 bits per heavy atom. The molecule has 0 radical (unpaired) electrons. The molecule has 1 amide bonds. The topological polar surface area (TPSA) is 58.6 Å². The number of halogens is 1. The first-order chi connectivity index (χ1) is 11.3. The van der Waals surface area contributed by atoms with E-state index in [-0.39, 0.29) is 6.09 Å². The van der Waals surface area contributed by atoms with Crippen LogP contribution in [0.5, 0.6) is 0 Å². The van der Waals surface area contributed by atoms with Gasteiger partial charge in [0.15, 0.2) is 0 Å². The molecule has 0 spiro atoms. The van der Waals surface area contributed by atoms with Crippen molar-refractivity contribution in [3.63, 3.8) is 0 Å². The molecular weight excluding hydrogens is 372 g/mol. The Kier molecular flexibility index (Phi) is 6.27. The molecule has 24 heavy (non-hydrogen) atoms. The fourth-order valence-corrected chi connectivity index (χ4v) is 3.43. The minimum absolute atomic E-state index is 0.307. The molecule has 0 aromatic carbocycles. The molecule has 0 fully saturated rings. The Morgan fingerprint density at radius 1 is 1.46 bits per heavy atom. The molecule has 1 aliphatic heterocycles. The van der Waals surface area contributed by atoms with Crippen molar-refractivity contribution < 1.29 is 14.3 Å². The number of ether oxygens (including phenoxy) is 1. The second kappa shape index (κ2) is 8.01. The number of alkyl carbamates (subject to hydrolysis) is 1. The monoisotopic (exact) mass is 396 g/mol. The molecule has 2 rings (SSSR count). The zero-order chi connectivity index (χ0) is 17.7. The molecule has 0 bridgehead atoms. The van der Waals surface area contributed by atoms with Gasteiger partial charge in [-0.3, -0.25) is 4.79 Å². The number of unbranched alkanes of at least 4 members (excludes halogenated alkanes) is 1. The lowest BCUT2D eigenvalue weighted by molar-refractivity contribution is -0.104. The van der Waals surface area contributed by atoms with Crippen molar-refractivity contribution in [1.82, 2.24) is 10.2 Å². The third kappa shape index (κ3) is 5.23. The standard InChI is InChI=1S/C18H25BrN2O3/c1-18(2,3)24-17(23)20-8-4-5-9-21-11-15(19)14-10-13(12-22)6-7-16(14)21/h6,10-12,16H,4-5,7-9H2,1-3H3,(H,20,23). The van der Waals surface area contributed by atoms with Crippen LogP contribution in [-0.2, 0) is 9.53 Å². The van der Waals surface area contributed by atoms with E-state index in [2.05, 4.69) is 32.3 Å². The van der Waals surface area contributed by atoms with E-state index < -0.39 is 5.60 Å². The summed E-state index contributed by atoms with van der Waals surface area (Å²) in [5.74, 6) is 0. The predicted octanol–water partition coefficient (Wildman–Crippen LogP) is 3.67. The van der Waals surface area contributed by atoms with Crippen molar-refractivity contribution in [2.45, 2.75) is 51.7 Å². The third-order valence-electron chi connectivity index (χ3n) is 3.86. The Balaban J connectivity index is 1.71. The maximum atomic E-state index is 11.6. The molecular formula is C18H25BrN2O3. The lowest BCUT2D eigenvalue weighted by Gasteiger charge is -2.27. The van der Waals surface area contributed by atoms with E-state index in [1.165, 1.54) is 5.57 Å². The van der Waals surface area contributed by atoms with E-state index in [1.807, 2.05) is 32.9 Å². The van der Waals surface area contributed by atoms with E-state index in [1.54, 1.807) is 0 Å². The Bertz CT molecular complexity index is 588. The fourth-order valence-electron chi connectivity index (χ4n) is 2.79. The second-order valence-corrected chi connectivity index (χ2v) is 7.88. The van der Waals surface area contributed by atoms with Crippen LogP contribution >= 0.6 is 15.9 Å². The van der Waals surface area contributed by atoms with Crippen LogP contribution in [0.15, 0.2) is 34.0 Å². The number of rotatable bonds is 6.